The quantitative estimate of drug-likeness (QED) is 0.745. The molecule has 0 unspecified atom stereocenters. The lowest BCUT2D eigenvalue weighted by molar-refractivity contribution is -0.150. The molecule has 5 nitrogen and oxygen atoms in total. The number of hydrogen-bond acceptors (Lipinski definition) is 3. The predicted molar refractivity (Wildman–Crippen MR) is 106 cm³/mol. The number of benzene rings is 1. The van der Waals surface area contributed by atoms with Crippen LogP contribution in [0, 0.1) is 5.41 Å². The summed E-state index contributed by atoms with van der Waals surface area (Å²) < 4.78 is 5.47. The van der Waals surface area contributed by atoms with Gasteiger partial charge in [0.25, 0.3) is 0 Å². The highest BCUT2D eigenvalue weighted by molar-refractivity contribution is 6.31. The van der Waals surface area contributed by atoms with Gasteiger partial charge in [0.2, 0.25) is 5.91 Å². The minimum Gasteiger partial charge on any atom is -0.444 e. The molecule has 148 valence electrons. The Labute approximate surface area is 166 Å². The minimum atomic E-state index is -0.501. The van der Waals surface area contributed by atoms with E-state index < -0.39 is 5.60 Å². The molecular weight excluding hydrogens is 364 g/mol. The first-order valence-corrected chi connectivity index (χ1v) is 10.1. The van der Waals surface area contributed by atoms with Gasteiger partial charge in [0.1, 0.15) is 5.60 Å². The van der Waals surface area contributed by atoms with Crippen LogP contribution in [0.25, 0.3) is 0 Å². The van der Waals surface area contributed by atoms with Crippen molar-refractivity contribution in [2.75, 3.05) is 19.6 Å². The van der Waals surface area contributed by atoms with Crippen molar-refractivity contribution in [2.45, 2.75) is 58.6 Å². The topological polar surface area (TPSA) is 49.9 Å². The SMILES string of the molecule is CC(C)(C)OC(=O)N1CCC2(CCCN(Cc3ccccc3Cl)C2=O)CC1. The van der Waals surface area contributed by atoms with E-state index in [4.69, 9.17) is 16.3 Å². The monoisotopic (exact) mass is 392 g/mol. The van der Waals surface area contributed by atoms with Crippen LogP contribution in [-0.4, -0.2) is 47.0 Å². The van der Waals surface area contributed by atoms with Crippen molar-refractivity contribution in [3.8, 4) is 0 Å². The number of ether oxygens (including phenoxy) is 1. The van der Waals surface area contributed by atoms with Crippen molar-refractivity contribution in [1.82, 2.24) is 9.80 Å². The molecule has 2 aliphatic rings. The van der Waals surface area contributed by atoms with Gasteiger partial charge in [0.15, 0.2) is 0 Å². The maximum atomic E-state index is 13.3. The van der Waals surface area contributed by atoms with Gasteiger partial charge < -0.3 is 14.5 Å². The van der Waals surface area contributed by atoms with Crippen LogP contribution in [0.3, 0.4) is 0 Å². The molecule has 2 aliphatic heterocycles. The summed E-state index contributed by atoms with van der Waals surface area (Å²) in [5.74, 6) is 0.206. The summed E-state index contributed by atoms with van der Waals surface area (Å²) in [7, 11) is 0. The summed E-state index contributed by atoms with van der Waals surface area (Å²) in [4.78, 5) is 29.2. The lowest BCUT2D eigenvalue weighted by Crippen LogP contribution is -2.54. The van der Waals surface area contributed by atoms with Gasteiger partial charge in [-0.15, -0.1) is 0 Å². The summed E-state index contributed by atoms with van der Waals surface area (Å²) in [5.41, 5.74) is 0.132. The molecule has 0 radical (unpaired) electrons. The fourth-order valence-electron chi connectivity index (χ4n) is 4.04. The van der Waals surface area contributed by atoms with Gasteiger partial charge in [-0.05, 0) is 58.1 Å². The predicted octanol–water partition coefficient (Wildman–Crippen LogP) is 4.48. The summed E-state index contributed by atoms with van der Waals surface area (Å²) in [6, 6.07) is 7.69. The smallest absolute Gasteiger partial charge is 0.410 e. The molecule has 1 aromatic rings. The molecule has 1 aromatic carbocycles. The van der Waals surface area contributed by atoms with Crippen LogP contribution < -0.4 is 0 Å². The average Bonchev–Trinajstić information content (AvgIpc) is 2.60. The molecule has 0 saturated carbocycles. The number of carbonyl (C=O) groups excluding carboxylic acids is 2. The van der Waals surface area contributed by atoms with Gasteiger partial charge in [0, 0.05) is 31.2 Å². The number of carbonyl (C=O) groups is 2. The number of piperidine rings is 2. The first-order valence-electron chi connectivity index (χ1n) is 9.71. The molecule has 0 bridgehead atoms. The van der Waals surface area contributed by atoms with E-state index in [9.17, 15) is 9.59 Å². The molecule has 1 spiro atoms. The average molecular weight is 393 g/mol. The standard InChI is InChI=1S/C21H29ClN2O3/c1-20(2,3)27-19(26)23-13-10-21(11-14-23)9-6-12-24(18(21)25)15-16-7-4-5-8-17(16)22/h4-5,7-8H,6,9-15H2,1-3H3. The summed E-state index contributed by atoms with van der Waals surface area (Å²) in [6.45, 7) is 8.06. The highest BCUT2D eigenvalue weighted by atomic mass is 35.5. The number of amides is 2. The minimum absolute atomic E-state index is 0.206. The Bertz CT molecular complexity index is 706. The molecular formula is C21H29ClN2O3. The van der Waals surface area contributed by atoms with E-state index >= 15 is 0 Å². The van der Waals surface area contributed by atoms with Crippen LogP contribution in [0.5, 0.6) is 0 Å². The highest BCUT2D eigenvalue weighted by Crippen LogP contribution is 2.41. The third kappa shape index (κ3) is 4.57. The molecule has 2 amide bonds. The van der Waals surface area contributed by atoms with E-state index in [1.165, 1.54) is 0 Å². The Balaban J connectivity index is 1.64. The second-order valence-corrected chi connectivity index (χ2v) is 9.08. The fourth-order valence-corrected chi connectivity index (χ4v) is 4.24. The van der Waals surface area contributed by atoms with Crippen LogP contribution in [0.1, 0.15) is 52.0 Å². The van der Waals surface area contributed by atoms with Gasteiger partial charge in [-0.3, -0.25) is 4.79 Å². The van der Waals surface area contributed by atoms with Crippen LogP contribution in [-0.2, 0) is 16.1 Å². The van der Waals surface area contributed by atoms with E-state index in [-0.39, 0.29) is 17.4 Å². The van der Waals surface area contributed by atoms with Crippen molar-refractivity contribution < 1.29 is 14.3 Å². The normalized spacial score (nSPS) is 20.1. The van der Waals surface area contributed by atoms with Crippen molar-refractivity contribution in [3.05, 3.63) is 34.9 Å². The van der Waals surface area contributed by atoms with Crippen LogP contribution >= 0.6 is 11.6 Å². The number of nitrogens with zero attached hydrogens (tertiary/aromatic N) is 2. The Morgan fingerprint density at radius 3 is 2.44 bits per heavy atom. The number of hydrogen-bond donors (Lipinski definition) is 0. The maximum Gasteiger partial charge on any atom is 0.410 e. The zero-order valence-corrected chi connectivity index (χ0v) is 17.2. The number of likely N-dealkylation sites (tertiary alicyclic amines) is 2. The lowest BCUT2D eigenvalue weighted by atomic mass is 9.71. The summed E-state index contributed by atoms with van der Waals surface area (Å²) in [5, 5.41) is 0.699. The molecule has 6 heteroatoms. The molecule has 2 fully saturated rings. The van der Waals surface area contributed by atoms with Gasteiger partial charge in [-0.2, -0.15) is 0 Å². The highest BCUT2D eigenvalue weighted by Gasteiger charge is 2.46. The molecule has 0 aliphatic carbocycles. The third-order valence-corrected chi connectivity index (χ3v) is 5.88. The van der Waals surface area contributed by atoms with Crippen molar-refractivity contribution >= 4 is 23.6 Å². The largest absolute Gasteiger partial charge is 0.444 e. The van der Waals surface area contributed by atoms with Crippen LogP contribution in [0.4, 0.5) is 4.79 Å². The molecule has 2 heterocycles. The first kappa shape index (κ1) is 20.0. The molecule has 2 saturated heterocycles. The fraction of sp³-hybridized carbons (Fsp3) is 0.619. The van der Waals surface area contributed by atoms with E-state index in [1.807, 2.05) is 49.9 Å². The van der Waals surface area contributed by atoms with Crippen molar-refractivity contribution in [3.63, 3.8) is 0 Å². The van der Waals surface area contributed by atoms with Crippen LogP contribution in [0.15, 0.2) is 24.3 Å². The first-order chi connectivity index (χ1) is 12.7. The second-order valence-electron chi connectivity index (χ2n) is 8.67. The lowest BCUT2D eigenvalue weighted by Gasteiger charge is -2.46. The Morgan fingerprint density at radius 2 is 1.81 bits per heavy atom. The zero-order chi connectivity index (χ0) is 19.7. The maximum absolute atomic E-state index is 13.3. The zero-order valence-electron chi connectivity index (χ0n) is 16.5. The number of rotatable bonds is 2. The van der Waals surface area contributed by atoms with E-state index in [2.05, 4.69) is 0 Å². The van der Waals surface area contributed by atoms with Gasteiger partial charge in [-0.1, -0.05) is 29.8 Å². The van der Waals surface area contributed by atoms with Gasteiger partial charge in [-0.25, -0.2) is 4.79 Å². The van der Waals surface area contributed by atoms with E-state index in [0.29, 0.717) is 37.5 Å². The van der Waals surface area contributed by atoms with E-state index in [0.717, 1.165) is 24.9 Å². The number of halogens is 1. The third-order valence-electron chi connectivity index (χ3n) is 5.52. The Morgan fingerprint density at radius 1 is 1.15 bits per heavy atom. The van der Waals surface area contributed by atoms with Crippen LogP contribution in [0.2, 0.25) is 5.02 Å². The van der Waals surface area contributed by atoms with Crippen molar-refractivity contribution in [1.29, 1.82) is 0 Å². The molecule has 27 heavy (non-hydrogen) atoms. The Hall–Kier alpha value is -1.75. The summed E-state index contributed by atoms with van der Waals surface area (Å²) >= 11 is 6.28. The van der Waals surface area contributed by atoms with Gasteiger partial charge >= 0.3 is 6.09 Å². The Kier molecular flexibility index (Phi) is 5.71. The summed E-state index contributed by atoms with van der Waals surface area (Å²) in [6.07, 6.45) is 3.00. The molecule has 0 aromatic heterocycles. The van der Waals surface area contributed by atoms with Gasteiger partial charge in [0.05, 0.1) is 5.41 Å². The van der Waals surface area contributed by atoms with E-state index in [1.54, 1.807) is 4.90 Å². The molecule has 3 rings (SSSR count). The second kappa shape index (κ2) is 7.70. The van der Waals surface area contributed by atoms with Crippen molar-refractivity contribution in [2.24, 2.45) is 5.41 Å². The molecule has 0 atom stereocenters. The molecule has 0 N–H and O–H groups in total.